The number of rotatable bonds is 5. The molecule has 0 aliphatic carbocycles. The van der Waals surface area contributed by atoms with Gasteiger partial charge in [0, 0.05) is 44.9 Å². The van der Waals surface area contributed by atoms with E-state index in [0.717, 1.165) is 12.3 Å². The van der Waals surface area contributed by atoms with Gasteiger partial charge in [-0.2, -0.15) is 0 Å². The molecule has 0 atom stereocenters. The zero-order valence-electron chi connectivity index (χ0n) is 17.3. The average Bonchev–Trinajstić information content (AvgIpc) is 3.04. The highest BCUT2D eigenvalue weighted by Gasteiger charge is 2.28. The van der Waals surface area contributed by atoms with E-state index in [9.17, 15) is 31.2 Å². The average molecular weight is 510 g/mol. The Labute approximate surface area is 195 Å². The summed E-state index contributed by atoms with van der Waals surface area (Å²) < 4.78 is 68.9. The maximum Gasteiger partial charge on any atom is 0.282 e. The molecule has 0 fully saturated rings. The SMILES string of the molecule is CS(=O)(=O)NC(=O)c1c(-c2ccc[nH]c2=O)c2cc(Cl)ccc2n1Cc1cc(F)cc(F)c1F. The summed E-state index contributed by atoms with van der Waals surface area (Å²) in [5.74, 6) is -4.96. The number of aromatic amines is 1. The minimum Gasteiger partial charge on any atom is -0.331 e. The van der Waals surface area contributed by atoms with Crippen LogP contribution < -0.4 is 10.3 Å². The van der Waals surface area contributed by atoms with Crippen molar-refractivity contribution in [2.75, 3.05) is 6.26 Å². The Morgan fingerprint density at radius 1 is 1.15 bits per heavy atom. The molecule has 0 saturated carbocycles. The van der Waals surface area contributed by atoms with Crippen molar-refractivity contribution < 1.29 is 26.4 Å². The fourth-order valence-electron chi connectivity index (χ4n) is 3.73. The molecule has 2 aromatic carbocycles. The van der Waals surface area contributed by atoms with Gasteiger partial charge in [-0.05, 0) is 36.4 Å². The van der Waals surface area contributed by atoms with Crippen molar-refractivity contribution in [1.82, 2.24) is 14.3 Å². The number of nitrogens with zero attached hydrogens (tertiary/aromatic N) is 1. The number of H-pyrrole nitrogens is 1. The van der Waals surface area contributed by atoms with Crippen molar-refractivity contribution in [1.29, 1.82) is 0 Å². The number of pyridine rings is 1. The molecule has 7 nitrogen and oxygen atoms in total. The van der Waals surface area contributed by atoms with Crippen LogP contribution in [0.4, 0.5) is 13.2 Å². The van der Waals surface area contributed by atoms with Crippen molar-refractivity contribution >= 4 is 38.4 Å². The van der Waals surface area contributed by atoms with Crippen molar-refractivity contribution in [2.45, 2.75) is 6.54 Å². The van der Waals surface area contributed by atoms with E-state index in [-0.39, 0.29) is 32.7 Å². The number of hydrogen-bond donors (Lipinski definition) is 2. The summed E-state index contributed by atoms with van der Waals surface area (Å²) in [6.07, 6.45) is 2.12. The van der Waals surface area contributed by atoms with Gasteiger partial charge in [-0.1, -0.05) is 11.6 Å². The van der Waals surface area contributed by atoms with Crippen molar-refractivity contribution in [3.05, 3.63) is 92.7 Å². The maximum absolute atomic E-state index is 14.5. The first-order chi connectivity index (χ1) is 16.0. The third kappa shape index (κ3) is 4.44. The molecule has 0 saturated heterocycles. The number of benzene rings is 2. The Balaban J connectivity index is 2.11. The number of aromatic nitrogens is 2. The first kappa shape index (κ1) is 23.6. The van der Waals surface area contributed by atoms with Crippen LogP contribution >= 0.6 is 11.6 Å². The highest BCUT2D eigenvalue weighted by Crippen LogP contribution is 2.36. The van der Waals surface area contributed by atoms with Crippen molar-refractivity contribution in [2.24, 2.45) is 0 Å². The fraction of sp³-hybridized carbons (Fsp3) is 0.0909. The van der Waals surface area contributed by atoms with Gasteiger partial charge >= 0.3 is 0 Å². The number of amides is 1. The molecule has 4 rings (SSSR count). The number of carbonyl (C=O) groups excluding carboxylic acids is 1. The van der Waals surface area contributed by atoms with E-state index in [0.29, 0.717) is 6.07 Å². The van der Waals surface area contributed by atoms with Crippen molar-refractivity contribution in [3.63, 3.8) is 0 Å². The monoisotopic (exact) mass is 509 g/mol. The Kier molecular flexibility index (Phi) is 6.00. The molecule has 1 amide bonds. The maximum atomic E-state index is 14.5. The predicted molar refractivity (Wildman–Crippen MR) is 121 cm³/mol. The van der Waals surface area contributed by atoms with Gasteiger partial charge < -0.3 is 9.55 Å². The van der Waals surface area contributed by atoms with Gasteiger partial charge in [-0.25, -0.2) is 26.3 Å². The van der Waals surface area contributed by atoms with Gasteiger partial charge in [0.1, 0.15) is 11.5 Å². The topological polar surface area (TPSA) is 101 Å². The molecule has 176 valence electrons. The highest BCUT2D eigenvalue weighted by atomic mass is 35.5. The van der Waals surface area contributed by atoms with Gasteiger partial charge in [0.25, 0.3) is 11.5 Å². The quantitative estimate of drug-likeness (QED) is 0.399. The van der Waals surface area contributed by atoms with Gasteiger partial charge in [0.2, 0.25) is 10.0 Å². The number of hydrogen-bond acceptors (Lipinski definition) is 4. The van der Waals surface area contributed by atoms with Crippen molar-refractivity contribution in [3.8, 4) is 11.1 Å². The zero-order valence-corrected chi connectivity index (χ0v) is 18.9. The Hall–Kier alpha value is -3.57. The van der Waals surface area contributed by atoms with Crippen LogP contribution in [0.25, 0.3) is 22.0 Å². The second-order valence-corrected chi connectivity index (χ2v) is 9.63. The molecule has 2 heterocycles. The molecule has 0 radical (unpaired) electrons. The number of sulfonamides is 1. The van der Waals surface area contributed by atoms with Gasteiger partial charge in [-0.3, -0.25) is 9.59 Å². The second kappa shape index (κ2) is 8.65. The van der Waals surface area contributed by atoms with E-state index in [1.54, 1.807) is 0 Å². The molecule has 0 spiro atoms. The second-order valence-electron chi connectivity index (χ2n) is 7.45. The van der Waals surface area contributed by atoms with Crippen LogP contribution in [0.5, 0.6) is 0 Å². The molecule has 0 aliphatic rings. The third-order valence-electron chi connectivity index (χ3n) is 5.00. The van der Waals surface area contributed by atoms with E-state index in [1.807, 2.05) is 4.72 Å². The minimum absolute atomic E-state index is 0.00179. The number of nitrogens with one attached hydrogen (secondary N) is 2. The van der Waals surface area contributed by atoms with Crippen LogP contribution in [0.1, 0.15) is 16.1 Å². The molecule has 4 aromatic rings. The summed E-state index contributed by atoms with van der Waals surface area (Å²) in [5.41, 5.74) is -1.13. The Bertz CT molecular complexity index is 1630. The van der Waals surface area contributed by atoms with E-state index < -0.39 is 51.0 Å². The number of fused-ring (bicyclic) bond motifs is 1. The summed E-state index contributed by atoms with van der Waals surface area (Å²) in [5, 5.41) is 0.497. The smallest absolute Gasteiger partial charge is 0.282 e. The summed E-state index contributed by atoms with van der Waals surface area (Å²) in [4.78, 5) is 28.2. The van der Waals surface area contributed by atoms with Gasteiger partial charge in [0.05, 0.1) is 12.8 Å². The van der Waals surface area contributed by atoms with E-state index >= 15 is 0 Å². The first-order valence-corrected chi connectivity index (χ1v) is 11.9. The third-order valence-corrected chi connectivity index (χ3v) is 5.79. The fourth-order valence-corrected chi connectivity index (χ4v) is 4.34. The Morgan fingerprint density at radius 3 is 2.56 bits per heavy atom. The lowest BCUT2D eigenvalue weighted by Gasteiger charge is -2.13. The van der Waals surface area contributed by atoms with Gasteiger partial charge in [-0.15, -0.1) is 0 Å². The minimum atomic E-state index is -4.06. The van der Waals surface area contributed by atoms with Crippen LogP contribution in [0.15, 0.2) is 53.5 Å². The molecule has 0 bridgehead atoms. The molecule has 12 heteroatoms. The number of halogens is 4. The lowest BCUT2D eigenvalue weighted by atomic mass is 10.0. The molecular formula is C22H15ClF3N3O4S. The summed E-state index contributed by atoms with van der Waals surface area (Å²) in [6, 6.07) is 8.38. The molecule has 2 N–H and O–H groups in total. The highest BCUT2D eigenvalue weighted by molar-refractivity contribution is 7.89. The summed E-state index contributed by atoms with van der Waals surface area (Å²) in [6.45, 7) is -0.560. The van der Waals surface area contributed by atoms with Crippen LogP contribution in [0.3, 0.4) is 0 Å². The van der Waals surface area contributed by atoms with Gasteiger partial charge in [0.15, 0.2) is 11.6 Å². The largest absolute Gasteiger partial charge is 0.331 e. The van der Waals surface area contributed by atoms with E-state index in [1.165, 1.54) is 41.1 Å². The van der Waals surface area contributed by atoms with E-state index in [2.05, 4.69) is 4.98 Å². The summed E-state index contributed by atoms with van der Waals surface area (Å²) in [7, 11) is -4.06. The molecule has 0 unspecified atom stereocenters. The normalized spacial score (nSPS) is 11.7. The zero-order chi connectivity index (χ0) is 24.8. The van der Waals surface area contributed by atoms with E-state index in [4.69, 9.17) is 11.6 Å². The molecule has 2 aromatic heterocycles. The Morgan fingerprint density at radius 2 is 1.88 bits per heavy atom. The molecule has 0 aliphatic heterocycles. The van der Waals surface area contributed by atoms with Crippen LogP contribution in [-0.4, -0.2) is 30.1 Å². The van der Waals surface area contributed by atoms with Crippen LogP contribution in [0.2, 0.25) is 5.02 Å². The summed E-state index contributed by atoms with van der Waals surface area (Å²) >= 11 is 6.14. The number of carbonyl (C=O) groups is 1. The lowest BCUT2D eigenvalue weighted by molar-refractivity contribution is 0.0974. The van der Waals surface area contributed by atoms with Crippen LogP contribution in [-0.2, 0) is 16.6 Å². The first-order valence-electron chi connectivity index (χ1n) is 9.61. The predicted octanol–water partition coefficient (Wildman–Crippen LogP) is 3.81. The molecule has 34 heavy (non-hydrogen) atoms. The van der Waals surface area contributed by atoms with Crippen LogP contribution in [0, 0.1) is 17.5 Å². The molecular weight excluding hydrogens is 495 g/mol. The standard InChI is InChI=1S/C22H15ClF3N3O4S/c1-34(32,33)28-22(31)20-18(14-3-2-6-27-21(14)30)15-8-12(23)4-5-17(15)29(20)10-11-7-13(24)9-16(25)19(11)26/h2-9H,10H2,1H3,(H,27,30)(H,28,31). The lowest BCUT2D eigenvalue weighted by Crippen LogP contribution is -2.32.